The molecule has 0 saturated carbocycles. The van der Waals surface area contributed by atoms with Crippen molar-refractivity contribution in [1.82, 2.24) is 4.98 Å². The van der Waals surface area contributed by atoms with Gasteiger partial charge in [-0.15, -0.1) is 0 Å². The van der Waals surface area contributed by atoms with Crippen molar-refractivity contribution in [2.45, 2.75) is 6.61 Å². The lowest BCUT2D eigenvalue weighted by Gasteiger charge is -2.05. The number of nitrogens with zero attached hydrogens (tertiary/aromatic N) is 2. The number of hydrogen-bond acceptors (Lipinski definition) is 4. The molecule has 0 aromatic carbocycles. The van der Waals surface area contributed by atoms with Crippen molar-refractivity contribution in [3.8, 4) is 17.6 Å². The summed E-state index contributed by atoms with van der Waals surface area (Å²) in [5, 5.41) is 17.5. The van der Waals surface area contributed by atoms with Gasteiger partial charge < -0.3 is 9.84 Å². The van der Waals surface area contributed by atoms with Gasteiger partial charge in [0.05, 0.1) is 0 Å². The molecule has 1 aromatic rings. The molecule has 0 atom stereocenters. The van der Waals surface area contributed by atoms with E-state index in [4.69, 9.17) is 10.4 Å². The van der Waals surface area contributed by atoms with E-state index in [-0.39, 0.29) is 5.69 Å². The molecule has 0 spiro atoms. The average Bonchev–Trinajstić information content (AvgIpc) is 2.08. The number of aromatic nitrogens is 1. The zero-order chi connectivity index (χ0) is 9.84. The van der Waals surface area contributed by atoms with Crippen LogP contribution in [-0.4, -0.2) is 16.7 Å². The molecule has 0 radical (unpaired) electrons. The highest BCUT2D eigenvalue weighted by Gasteiger charge is 2.12. The van der Waals surface area contributed by atoms with Crippen molar-refractivity contribution < 1.29 is 18.6 Å². The third-order valence-corrected chi connectivity index (χ3v) is 1.21. The largest absolute Gasteiger partial charge is 0.502 e. The maximum Gasteiger partial charge on any atom is 0.387 e. The molecule has 0 aliphatic rings. The van der Waals surface area contributed by atoms with Crippen molar-refractivity contribution in [3.63, 3.8) is 0 Å². The van der Waals surface area contributed by atoms with Crippen molar-refractivity contribution in [1.29, 1.82) is 5.26 Å². The van der Waals surface area contributed by atoms with E-state index >= 15 is 0 Å². The van der Waals surface area contributed by atoms with Gasteiger partial charge in [-0.3, -0.25) is 0 Å². The van der Waals surface area contributed by atoms with E-state index in [1.165, 1.54) is 6.07 Å². The zero-order valence-corrected chi connectivity index (χ0v) is 6.24. The summed E-state index contributed by atoms with van der Waals surface area (Å²) in [6.07, 6.45) is 1.09. The summed E-state index contributed by atoms with van der Waals surface area (Å²) in [6.45, 7) is -3.04. The fourth-order valence-electron chi connectivity index (χ4n) is 0.709. The van der Waals surface area contributed by atoms with E-state index in [0.29, 0.717) is 0 Å². The Labute approximate surface area is 72.0 Å². The Morgan fingerprint density at radius 3 is 2.85 bits per heavy atom. The Bertz CT molecular complexity index is 349. The molecule has 6 heteroatoms. The van der Waals surface area contributed by atoms with E-state index in [9.17, 15) is 8.78 Å². The predicted molar refractivity (Wildman–Crippen MR) is 37.2 cm³/mol. The van der Waals surface area contributed by atoms with Gasteiger partial charge in [0.1, 0.15) is 6.07 Å². The molecule has 0 saturated heterocycles. The lowest BCUT2D eigenvalue weighted by atomic mass is 10.3. The lowest BCUT2D eigenvalue weighted by molar-refractivity contribution is -0.0513. The summed E-state index contributed by atoms with van der Waals surface area (Å²) in [6, 6.07) is 2.57. The molecule has 0 amide bonds. The molecule has 0 aliphatic heterocycles. The maximum atomic E-state index is 11.7. The minimum Gasteiger partial charge on any atom is -0.502 e. The second kappa shape index (κ2) is 3.67. The molecule has 0 bridgehead atoms. The molecule has 0 fully saturated rings. The third kappa shape index (κ3) is 2.02. The highest BCUT2D eigenvalue weighted by atomic mass is 19.3. The minimum absolute atomic E-state index is 0.349. The Balaban J connectivity index is 3.03. The standard InChI is InChI=1S/C7H4F2N2O2/c8-7(9)13-5-1-2-11-4(3-10)6(5)12/h1-2,7,12H. The first kappa shape index (κ1) is 9.19. The number of alkyl halides is 2. The van der Waals surface area contributed by atoms with Crippen molar-refractivity contribution in [3.05, 3.63) is 18.0 Å². The maximum absolute atomic E-state index is 11.7. The van der Waals surface area contributed by atoms with E-state index in [1.807, 2.05) is 0 Å². The van der Waals surface area contributed by atoms with Crippen LogP contribution in [0.5, 0.6) is 11.5 Å². The fourth-order valence-corrected chi connectivity index (χ4v) is 0.709. The van der Waals surface area contributed by atoms with Crippen LogP contribution >= 0.6 is 0 Å². The van der Waals surface area contributed by atoms with E-state index in [0.717, 1.165) is 12.3 Å². The smallest absolute Gasteiger partial charge is 0.387 e. The van der Waals surface area contributed by atoms with Gasteiger partial charge in [-0.2, -0.15) is 14.0 Å². The number of ether oxygens (including phenoxy) is 1. The van der Waals surface area contributed by atoms with Crippen LogP contribution in [0.3, 0.4) is 0 Å². The molecule has 4 nitrogen and oxygen atoms in total. The first-order valence-corrected chi connectivity index (χ1v) is 3.18. The number of hydrogen-bond donors (Lipinski definition) is 1. The first-order chi connectivity index (χ1) is 6.15. The molecule has 0 unspecified atom stereocenters. The normalized spacial score (nSPS) is 9.69. The van der Waals surface area contributed by atoms with Gasteiger partial charge in [-0.25, -0.2) is 4.98 Å². The van der Waals surface area contributed by atoms with Crippen LogP contribution in [0.2, 0.25) is 0 Å². The Hall–Kier alpha value is -1.90. The minimum atomic E-state index is -3.04. The van der Waals surface area contributed by atoms with Gasteiger partial charge in [-0.05, 0) is 0 Å². The molecule has 13 heavy (non-hydrogen) atoms. The van der Waals surface area contributed by atoms with Crippen molar-refractivity contribution >= 4 is 0 Å². The number of halogens is 2. The predicted octanol–water partition coefficient (Wildman–Crippen LogP) is 1.26. The first-order valence-electron chi connectivity index (χ1n) is 3.18. The van der Waals surface area contributed by atoms with Crippen LogP contribution in [0.25, 0.3) is 0 Å². The van der Waals surface area contributed by atoms with Crippen LogP contribution in [0, 0.1) is 11.3 Å². The molecular weight excluding hydrogens is 182 g/mol. The number of nitriles is 1. The van der Waals surface area contributed by atoms with E-state index in [2.05, 4.69) is 9.72 Å². The quantitative estimate of drug-likeness (QED) is 0.754. The summed E-state index contributed by atoms with van der Waals surface area (Å²) in [5.41, 5.74) is -0.349. The van der Waals surface area contributed by atoms with Gasteiger partial charge in [-0.1, -0.05) is 0 Å². The second-order valence-corrected chi connectivity index (χ2v) is 2.00. The SMILES string of the molecule is N#Cc1nccc(OC(F)F)c1O. The molecule has 1 aromatic heterocycles. The molecule has 1 rings (SSSR count). The molecule has 0 aliphatic carbocycles. The van der Waals surface area contributed by atoms with Gasteiger partial charge in [0.15, 0.2) is 17.2 Å². The zero-order valence-electron chi connectivity index (χ0n) is 6.24. The third-order valence-electron chi connectivity index (χ3n) is 1.21. The highest BCUT2D eigenvalue weighted by molar-refractivity contribution is 5.46. The molecular formula is C7H4F2N2O2. The topological polar surface area (TPSA) is 66.1 Å². The summed E-state index contributed by atoms with van der Waals surface area (Å²) in [5.74, 6) is -1.13. The van der Waals surface area contributed by atoms with Gasteiger partial charge in [0.2, 0.25) is 0 Å². The Kier molecular flexibility index (Phi) is 2.59. The van der Waals surface area contributed by atoms with Crippen LogP contribution in [-0.2, 0) is 0 Å². The highest BCUT2D eigenvalue weighted by Crippen LogP contribution is 2.28. The van der Waals surface area contributed by atoms with E-state index < -0.39 is 18.1 Å². The number of aromatic hydroxyl groups is 1. The summed E-state index contributed by atoms with van der Waals surface area (Å²) < 4.78 is 27.3. The summed E-state index contributed by atoms with van der Waals surface area (Å²) in [7, 11) is 0. The lowest BCUT2D eigenvalue weighted by Crippen LogP contribution is -2.02. The molecule has 68 valence electrons. The average molecular weight is 186 g/mol. The van der Waals surface area contributed by atoms with Crippen LogP contribution in [0.1, 0.15) is 5.69 Å². The van der Waals surface area contributed by atoms with Gasteiger partial charge >= 0.3 is 6.61 Å². The number of pyridine rings is 1. The van der Waals surface area contributed by atoms with Gasteiger partial charge in [0.25, 0.3) is 0 Å². The van der Waals surface area contributed by atoms with Crippen LogP contribution < -0.4 is 4.74 Å². The summed E-state index contributed by atoms with van der Waals surface area (Å²) in [4.78, 5) is 3.43. The second-order valence-electron chi connectivity index (χ2n) is 2.00. The monoisotopic (exact) mass is 186 g/mol. The molecule has 1 N–H and O–H groups in total. The van der Waals surface area contributed by atoms with Gasteiger partial charge in [0, 0.05) is 12.3 Å². The Morgan fingerprint density at radius 1 is 1.62 bits per heavy atom. The summed E-state index contributed by atoms with van der Waals surface area (Å²) >= 11 is 0. The fraction of sp³-hybridized carbons (Fsp3) is 0.143. The van der Waals surface area contributed by atoms with Crippen LogP contribution in [0.15, 0.2) is 12.3 Å². The van der Waals surface area contributed by atoms with Crippen molar-refractivity contribution in [2.24, 2.45) is 0 Å². The Morgan fingerprint density at radius 2 is 2.31 bits per heavy atom. The molecule has 1 heterocycles. The van der Waals surface area contributed by atoms with E-state index in [1.54, 1.807) is 0 Å². The number of rotatable bonds is 2. The van der Waals surface area contributed by atoms with Crippen LogP contribution in [0.4, 0.5) is 8.78 Å². The van der Waals surface area contributed by atoms with Crippen molar-refractivity contribution in [2.75, 3.05) is 0 Å².